The van der Waals surface area contributed by atoms with Crippen molar-refractivity contribution in [3.05, 3.63) is 29.3 Å². The second kappa shape index (κ2) is 5.00. The van der Waals surface area contributed by atoms with E-state index in [2.05, 4.69) is 12.2 Å². The standard InChI is InChI=1S/C13H15F3N2S/c1-7-4-9(5-7)18-8-2-3-11(13(14,15)16)10(6-8)12(17)19/h2-3,6-7,9,18H,4-5H2,1H3,(H2,17,19). The third kappa shape index (κ3) is 3.18. The van der Waals surface area contributed by atoms with Crippen molar-refractivity contribution in [2.75, 3.05) is 5.32 Å². The molecule has 1 saturated carbocycles. The zero-order valence-electron chi connectivity index (χ0n) is 10.4. The summed E-state index contributed by atoms with van der Waals surface area (Å²) < 4.78 is 38.4. The maximum Gasteiger partial charge on any atom is 0.417 e. The average Bonchev–Trinajstić information content (AvgIpc) is 2.25. The lowest BCUT2D eigenvalue weighted by Gasteiger charge is -2.34. The molecule has 1 aliphatic carbocycles. The smallest absolute Gasteiger partial charge is 0.389 e. The highest BCUT2D eigenvalue weighted by molar-refractivity contribution is 7.80. The van der Waals surface area contributed by atoms with Crippen LogP contribution in [0.3, 0.4) is 0 Å². The minimum absolute atomic E-state index is 0.125. The summed E-state index contributed by atoms with van der Waals surface area (Å²) in [4.78, 5) is -0.238. The van der Waals surface area contributed by atoms with E-state index in [0.29, 0.717) is 17.6 Å². The molecule has 1 aliphatic rings. The monoisotopic (exact) mass is 288 g/mol. The molecule has 0 aliphatic heterocycles. The Bertz CT molecular complexity index is 493. The van der Waals surface area contributed by atoms with Crippen LogP contribution in [0, 0.1) is 5.92 Å². The number of thiocarbonyl (C=S) groups is 1. The molecule has 0 bridgehead atoms. The van der Waals surface area contributed by atoms with E-state index in [-0.39, 0.29) is 10.6 Å². The lowest BCUT2D eigenvalue weighted by molar-refractivity contribution is -0.137. The van der Waals surface area contributed by atoms with Gasteiger partial charge in [0.1, 0.15) is 4.99 Å². The van der Waals surface area contributed by atoms with Crippen molar-refractivity contribution in [1.29, 1.82) is 0 Å². The highest BCUT2D eigenvalue weighted by atomic mass is 32.1. The Labute approximate surface area is 115 Å². The van der Waals surface area contributed by atoms with Crippen molar-refractivity contribution in [1.82, 2.24) is 0 Å². The summed E-state index contributed by atoms with van der Waals surface area (Å²) >= 11 is 4.70. The Morgan fingerprint density at radius 1 is 1.37 bits per heavy atom. The Morgan fingerprint density at radius 3 is 2.47 bits per heavy atom. The van der Waals surface area contributed by atoms with Crippen molar-refractivity contribution < 1.29 is 13.2 Å². The molecule has 0 amide bonds. The van der Waals surface area contributed by atoms with Crippen LogP contribution in [0.2, 0.25) is 0 Å². The normalized spacial score (nSPS) is 22.7. The Kier molecular flexibility index (Phi) is 3.71. The van der Waals surface area contributed by atoms with Crippen LogP contribution in [0.25, 0.3) is 0 Å². The number of anilines is 1. The van der Waals surface area contributed by atoms with E-state index >= 15 is 0 Å². The molecular formula is C13H15F3N2S. The highest BCUT2D eigenvalue weighted by Crippen LogP contribution is 2.35. The van der Waals surface area contributed by atoms with Crippen LogP contribution in [0.4, 0.5) is 18.9 Å². The summed E-state index contributed by atoms with van der Waals surface area (Å²) in [5.41, 5.74) is 5.11. The fourth-order valence-corrected chi connectivity index (χ4v) is 2.51. The molecule has 1 aromatic carbocycles. The molecule has 3 N–H and O–H groups in total. The fraction of sp³-hybridized carbons (Fsp3) is 0.462. The second-order valence-corrected chi connectivity index (χ2v) is 5.48. The maximum absolute atomic E-state index is 12.8. The molecule has 0 aromatic heterocycles. The van der Waals surface area contributed by atoms with Gasteiger partial charge in [-0.05, 0) is 37.0 Å². The zero-order valence-corrected chi connectivity index (χ0v) is 11.2. The van der Waals surface area contributed by atoms with Gasteiger partial charge in [0.2, 0.25) is 0 Å². The number of alkyl halides is 3. The molecule has 0 unspecified atom stereocenters. The molecular weight excluding hydrogens is 273 g/mol. The molecule has 2 rings (SSSR count). The number of rotatable bonds is 3. The Morgan fingerprint density at radius 2 is 2.00 bits per heavy atom. The van der Waals surface area contributed by atoms with Gasteiger partial charge in [-0.15, -0.1) is 0 Å². The van der Waals surface area contributed by atoms with Crippen molar-refractivity contribution >= 4 is 22.9 Å². The van der Waals surface area contributed by atoms with Gasteiger partial charge in [-0.1, -0.05) is 19.1 Å². The third-order valence-electron chi connectivity index (χ3n) is 3.33. The third-order valence-corrected chi connectivity index (χ3v) is 3.55. The van der Waals surface area contributed by atoms with Crippen molar-refractivity contribution in [3.63, 3.8) is 0 Å². The molecule has 1 aromatic rings. The van der Waals surface area contributed by atoms with Crippen LogP contribution in [-0.2, 0) is 6.18 Å². The van der Waals surface area contributed by atoms with E-state index in [9.17, 15) is 13.2 Å². The van der Waals surface area contributed by atoms with Crippen LogP contribution >= 0.6 is 12.2 Å². The summed E-state index contributed by atoms with van der Waals surface area (Å²) in [5, 5.41) is 3.20. The van der Waals surface area contributed by atoms with E-state index in [1.807, 2.05) is 0 Å². The Hall–Kier alpha value is -1.30. The van der Waals surface area contributed by atoms with E-state index < -0.39 is 11.7 Å². The van der Waals surface area contributed by atoms with E-state index in [4.69, 9.17) is 18.0 Å². The minimum Gasteiger partial charge on any atom is -0.389 e. The summed E-state index contributed by atoms with van der Waals surface area (Å²) in [5.74, 6) is 0.669. The van der Waals surface area contributed by atoms with Gasteiger partial charge in [0.05, 0.1) is 5.56 Å². The maximum atomic E-state index is 12.8. The van der Waals surface area contributed by atoms with Gasteiger partial charge >= 0.3 is 6.18 Å². The van der Waals surface area contributed by atoms with Crippen LogP contribution in [0.5, 0.6) is 0 Å². The van der Waals surface area contributed by atoms with Gasteiger partial charge in [0.15, 0.2) is 0 Å². The summed E-state index contributed by atoms with van der Waals surface area (Å²) in [6.45, 7) is 2.14. The summed E-state index contributed by atoms with van der Waals surface area (Å²) in [6.07, 6.45) is -2.38. The molecule has 104 valence electrons. The van der Waals surface area contributed by atoms with Gasteiger partial charge in [0.25, 0.3) is 0 Å². The first-order valence-electron chi connectivity index (χ1n) is 6.05. The minimum atomic E-state index is -4.44. The van der Waals surface area contributed by atoms with Crippen molar-refractivity contribution in [2.24, 2.45) is 11.7 Å². The quantitative estimate of drug-likeness (QED) is 0.835. The van der Waals surface area contributed by atoms with Crippen LogP contribution in [0.1, 0.15) is 30.9 Å². The molecule has 1 fully saturated rings. The predicted octanol–water partition coefficient (Wildman–Crippen LogP) is 3.55. The van der Waals surface area contributed by atoms with Gasteiger partial charge < -0.3 is 11.1 Å². The number of hydrogen-bond acceptors (Lipinski definition) is 2. The molecule has 0 spiro atoms. The van der Waals surface area contributed by atoms with Crippen LogP contribution in [0.15, 0.2) is 18.2 Å². The van der Waals surface area contributed by atoms with E-state index in [0.717, 1.165) is 18.9 Å². The molecule has 0 radical (unpaired) electrons. The van der Waals surface area contributed by atoms with Crippen LogP contribution in [-0.4, -0.2) is 11.0 Å². The predicted molar refractivity (Wildman–Crippen MR) is 73.1 cm³/mol. The molecule has 19 heavy (non-hydrogen) atoms. The lowest BCUT2D eigenvalue weighted by atomic mass is 9.82. The number of benzene rings is 1. The van der Waals surface area contributed by atoms with Gasteiger partial charge in [-0.3, -0.25) is 0 Å². The summed E-state index contributed by atoms with van der Waals surface area (Å²) in [7, 11) is 0. The summed E-state index contributed by atoms with van der Waals surface area (Å²) in [6, 6.07) is 4.16. The molecule has 2 nitrogen and oxygen atoms in total. The van der Waals surface area contributed by atoms with E-state index in [1.54, 1.807) is 0 Å². The fourth-order valence-electron chi connectivity index (χ4n) is 2.34. The number of nitrogens with one attached hydrogen (secondary N) is 1. The first-order chi connectivity index (χ1) is 8.77. The van der Waals surface area contributed by atoms with Gasteiger partial charge in [0, 0.05) is 17.3 Å². The number of hydrogen-bond donors (Lipinski definition) is 2. The molecule has 0 heterocycles. The highest BCUT2D eigenvalue weighted by Gasteiger charge is 2.34. The molecule has 0 atom stereocenters. The number of nitrogens with two attached hydrogens (primary N) is 1. The molecule has 0 saturated heterocycles. The topological polar surface area (TPSA) is 38.0 Å². The van der Waals surface area contributed by atoms with Crippen molar-refractivity contribution in [3.8, 4) is 0 Å². The van der Waals surface area contributed by atoms with Crippen molar-refractivity contribution in [2.45, 2.75) is 32.0 Å². The second-order valence-electron chi connectivity index (χ2n) is 5.04. The largest absolute Gasteiger partial charge is 0.417 e. The van der Waals surface area contributed by atoms with Crippen LogP contribution < -0.4 is 11.1 Å². The SMILES string of the molecule is CC1CC(Nc2ccc(C(F)(F)F)c(C(N)=S)c2)C1. The van der Waals surface area contributed by atoms with Gasteiger partial charge in [-0.2, -0.15) is 13.2 Å². The first kappa shape index (κ1) is 14.1. The number of halogens is 3. The van der Waals surface area contributed by atoms with Gasteiger partial charge in [-0.25, -0.2) is 0 Å². The zero-order chi connectivity index (χ0) is 14.2. The lowest BCUT2D eigenvalue weighted by Crippen LogP contribution is -2.33. The average molecular weight is 288 g/mol. The van der Waals surface area contributed by atoms with E-state index in [1.165, 1.54) is 12.1 Å². The first-order valence-corrected chi connectivity index (χ1v) is 6.46. The molecule has 6 heteroatoms. The Balaban J connectivity index is 2.24.